The normalized spacial score (nSPS) is 12.6. The van der Waals surface area contributed by atoms with Crippen LogP contribution in [0.5, 0.6) is 0 Å². The number of hydrogen-bond acceptors (Lipinski definition) is 5. The van der Waals surface area contributed by atoms with E-state index in [0.29, 0.717) is 12.8 Å². The van der Waals surface area contributed by atoms with Crippen molar-refractivity contribution in [3.8, 4) is 0 Å². The predicted molar refractivity (Wildman–Crippen MR) is 173 cm³/mol. The summed E-state index contributed by atoms with van der Waals surface area (Å²) >= 11 is 0. The van der Waals surface area contributed by atoms with Gasteiger partial charge in [0.15, 0.2) is 6.10 Å². The molecule has 0 aromatic heterocycles. The molecule has 1 unspecified atom stereocenters. The van der Waals surface area contributed by atoms with Crippen LogP contribution in [-0.2, 0) is 19.1 Å². The van der Waals surface area contributed by atoms with Crippen LogP contribution in [0.2, 0.25) is 0 Å². The summed E-state index contributed by atoms with van der Waals surface area (Å²) < 4.78 is 10.5. The molecule has 238 valence electrons. The van der Waals surface area contributed by atoms with Crippen molar-refractivity contribution in [3.05, 3.63) is 36.5 Å². The van der Waals surface area contributed by atoms with E-state index in [9.17, 15) is 14.7 Å². The van der Waals surface area contributed by atoms with Gasteiger partial charge in [-0.15, -0.1) is 0 Å². The highest BCUT2D eigenvalue weighted by Crippen LogP contribution is 2.11. The molecular weight excluding hydrogens is 512 g/mol. The van der Waals surface area contributed by atoms with Gasteiger partial charge in [-0.1, -0.05) is 121 Å². The minimum Gasteiger partial charge on any atom is -0.462 e. The van der Waals surface area contributed by atoms with Crippen LogP contribution in [-0.4, -0.2) is 36.4 Å². The molecule has 0 amide bonds. The highest BCUT2D eigenvalue weighted by Gasteiger charge is 2.16. The van der Waals surface area contributed by atoms with E-state index in [-0.39, 0.29) is 25.2 Å². The third-order valence-corrected chi connectivity index (χ3v) is 7.16. The molecule has 1 atom stereocenters. The summed E-state index contributed by atoms with van der Waals surface area (Å²) in [5, 5.41) is 9.50. The second kappa shape index (κ2) is 32.6. The van der Waals surface area contributed by atoms with E-state index < -0.39 is 6.10 Å². The maximum Gasteiger partial charge on any atom is 0.306 e. The predicted octanol–water partition coefficient (Wildman–Crippen LogP) is 10.1. The van der Waals surface area contributed by atoms with Crippen LogP contribution in [0.25, 0.3) is 0 Å². The third kappa shape index (κ3) is 30.9. The van der Waals surface area contributed by atoms with Crippen LogP contribution in [0.1, 0.15) is 162 Å². The Hall–Kier alpha value is -1.88. The van der Waals surface area contributed by atoms with Crippen LogP contribution < -0.4 is 0 Å². The first kappa shape index (κ1) is 39.1. The van der Waals surface area contributed by atoms with Crippen molar-refractivity contribution in [2.75, 3.05) is 13.2 Å². The van der Waals surface area contributed by atoms with Gasteiger partial charge in [0, 0.05) is 12.8 Å². The fraction of sp³-hybridized carbons (Fsp3) is 0.778. The Bertz CT molecular complexity index is 667. The average molecular weight is 577 g/mol. The number of hydrogen-bond donors (Lipinski definition) is 1. The molecular formula is C36H64O5. The van der Waals surface area contributed by atoms with Crippen LogP contribution in [0.4, 0.5) is 0 Å². The van der Waals surface area contributed by atoms with Gasteiger partial charge in [0.25, 0.3) is 0 Å². The van der Waals surface area contributed by atoms with Gasteiger partial charge in [-0.25, -0.2) is 0 Å². The lowest BCUT2D eigenvalue weighted by Crippen LogP contribution is -2.28. The van der Waals surface area contributed by atoms with Crippen molar-refractivity contribution in [1.82, 2.24) is 0 Å². The maximum atomic E-state index is 12.1. The topological polar surface area (TPSA) is 72.8 Å². The molecule has 1 N–H and O–H groups in total. The lowest BCUT2D eigenvalue weighted by atomic mass is 10.1. The number of allylic oxidation sites excluding steroid dienone is 6. The smallest absolute Gasteiger partial charge is 0.306 e. The number of carbonyl (C=O) groups excluding carboxylic acids is 2. The zero-order valence-corrected chi connectivity index (χ0v) is 26.8. The zero-order chi connectivity index (χ0) is 30.1. The minimum atomic E-state index is -0.778. The van der Waals surface area contributed by atoms with Crippen LogP contribution in [0, 0.1) is 0 Å². The Morgan fingerprint density at radius 2 is 1.00 bits per heavy atom. The molecule has 0 aliphatic rings. The standard InChI is InChI=1S/C36H64O5/c1-3-5-7-9-11-13-15-17-19-21-23-25-27-29-31-36(39)41-34(32-37)33-40-35(38)30-28-26-24-22-20-18-16-14-12-10-8-6-4-2/h9,11,14-17,34,37H,3-8,10,12-13,18-33H2,1-2H3/b11-9-,16-14-,17-15-. The number of ether oxygens (including phenoxy) is 2. The molecule has 0 aromatic rings. The number of aliphatic hydroxyl groups excluding tert-OH is 1. The van der Waals surface area contributed by atoms with Gasteiger partial charge in [0.2, 0.25) is 0 Å². The Kier molecular flexibility index (Phi) is 31.1. The molecule has 5 nitrogen and oxygen atoms in total. The van der Waals surface area contributed by atoms with Crippen molar-refractivity contribution < 1.29 is 24.2 Å². The lowest BCUT2D eigenvalue weighted by Gasteiger charge is -2.15. The van der Waals surface area contributed by atoms with E-state index in [1.807, 2.05) is 0 Å². The number of unbranched alkanes of at least 4 members (excludes halogenated alkanes) is 16. The van der Waals surface area contributed by atoms with E-state index in [1.165, 1.54) is 70.6 Å². The summed E-state index contributed by atoms with van der Waals surface area (Å²) in [7, 11) is 0. The molecule has 0 radical (unpaired) electrons. The second-order valence-electron chi connectivity index (χ2n) is 11.2. The van der Waals surface area contributed by atoms with Crippen LogP contribution >= 0.6 is 0 Å². The van der Waals surface area contributed by atoms with Crippen molar-refractivity contribution in [2.24, 2.45) is 0 Å². The molecule has 0 aliphatic heterocycles. The van der Waals surface area contributed by atoms with Gasteiger partial charge >= 0.3 is 11.9 Å². The van der Waals surface area contributed by atoms with E-state index >= 15 is 0 Å². The zero-order valence-electron chi connectivity index (χ0n) is 26.8. The number of esters is 2. The molecule has 0 saturated heterocycles. The van der Waals surface area contributed by atoms with Crippen molar-refractivity contribution >= 4 is 11.9 Å². The highest BCUT2D eigenvalue weighted by atomic mass is 16.6. The van der Waals surface area contributed by atoms with Crippen molar-refractivity contribution in [1.29, 1.82) is 0 Å². The van der Waals surface area contributed by atoms with E-state index in [1.54, 1.807) is 0 Å². The summed E-state index contributed by atoms with van der Waals surface area (Å²) in [6.07, 6.45) is 37.6. The van der Waals surface area contributed by atoms with Crippen LogP contribution in [0.3, 0.4) is 0 Å². The SMILES string of the molecule is CCCC/C=C\C/C=C\CCCCCCCC(=O)OC(CO)COC(=O)CCCCCCC/C=C\CCCCCC. The molecule has 0 rings (SSSR count). The highest BCUT2D eigenvalue weighted by molar-refractivity contribution is 5.70. The molecule has 0 bridgehead atoms. The first-order valence-electron chi connectivity index (χ1n) is 17.0. The molecule has 5 heteroatoms. The first-order chi connectivity index (χ1) is 20.1. The van der Waals surface area contributed by atoms with Crippen molar-refractivity contribution in [3.63, 3.8) is 0 Å². The Morgan fingerprint density at radius 1 is 0.561 bits per heavy atom. The summed E-state index contributed by atoms with van der Waals surface area (Å²) in [6.45, 7) is 4.04. The molecule has 0 fully saturated rings. The number of carbonyl (C=O) groups is 2. The fourth-order valence-electron chi connectivity index (χ4n) is 4.50. The second-order valence-corrected chi connectivity index (χ2v) is 11.2. The van der Waals surface area contributed by atoms with Gasteiger partial charge < -0.3 is 14.6 Å². The molecule has 0 aromatic carbocycles. The molecule has 41 heavy (non-hydrogen) atoms. The van der Waals surface area contributed by atoms with E-state index in [0.717, 1.165) is 64.2 Å². The van der Waals surface area contributed by atoms with Gasteiger partial charge in [0.05, 0.1) is 6.61 Å². The molecule has 0 saturated carbocycles. The first-order valence-corrected chi connectivity index (χ1v) is 17.0. The van der Waals surface area contributed by atoms with Crippen molar-refractivity contribution in [2.45, 2.75) is 168 Å². The van der Waals surface area contributed by atoms with E-state index in [2.05, 4.69) is 50.3 Å². The van der Waals surface area contributed by atoms with Gasteiger partial charge in [0.1, 0.15) is 6.61 Å². The fourth-order valence-corrected chi connectivity index (χ4v) is 4.50. The van der Waals surface area contributed by atoms with Gasteiger partial charge in [-0.3, -0.25) is 9.59 Å². The molecule has 0 heterocycles. The molecule has 0 spiro atoms. The Balaban J connectivity index is 3.63. The van der Waals surface area contributed by atoms with Crippen LogP contribution in [0.15, 0.2) is 36.5 Å². The van der Waals surface area contributed by atoms with Gasteiger partial charge in [-0.05, 0) is 64.2 Å². The number of aliphatic hydroxyl groups is 1. The Labute approximate surface area is 253 Å². The average Bonchev–Trinajstić information content (AvgIpc) is 2.97. The maximum absolute atomic E-state index is 12.1. The molecule has 0 aliphatic carbocycles. The van der Waals surface area contributed by atoms with E-state index in [4.69, 9.17) is 9.47 Å². The summed E-state index contributed by atoms with van der Waals surface area (Å²) in [6, 6.07) is 0. The summed E-state index contributed by atoms with van der Waals surface area (Å²) in [5.41, 5.74) is 0. The largest absolute Gasteiger partial charge is 0.462 e. The minimum absolute atomic E-state index is 0.0755. The summed E-state index contributed by atoms with van der Waals surface area (Å²) in [4.78, 5) is 24.1. The lowest BCUT2D eigenvalue weighted by molar-refractivity contribution is -0.161. The Morgan fingerprint density at radius 3 is 1.54 bits per heavy atom. The number of rotatable bonds is 30. The summed E-state index contributed by atoms with van der Waals surface area (Å²) in [5.74, 6) is -0.620. The third-order valence-electron chi connectivity index (χ3n) is 7.16. The quantitative estimate of drug-likeness (QED) is 0.0523. The van der Waals surface area contributed by atoms with Gasteiger partial charge in [-0.2, -0.15) is 0 Å². The monoisotopic (exact) mass is 576 g/mol.